The van der Waals surface area contributed by atoms with E-state index in [-0.39, 0.29) is 41.4 Å². The van der Waals surface area contributed by atoms with E-state index >= 15 is 0 Å². The normalized spacial score (nSPS) is 13.1. The van der Waals surface area contributed by atoms with Crippen molar-refractivity contribution in [1.29, 1.82) is 0 Å². The van der Waals surface area contributed by atoms with Gasteiger partial charge in [0, 0.05) is 5.75 Å². The summed E-state index contributed by atoms with van der Waals surface area (Å²) >= 11 is 0. The minimum absolute atomic E-state index is 0. The van der Waals surface area contributed by atoms with E-state index in [0.717, 1.165) is 44.9 Å². The van der Waals surface area contributed by atoms with Gasteiger partial charge in [0.2, 0.25) is 0 Å². The molecule has 0 saturated heterocycles. The summed E-state index contributed by atoms with van der Waals surface area (Å²) in [5.41, 5.74) is 0. The quantitative estimate of drug-likeness (QED) is 0.316. The van der Waals surface area contributed by atoms with Gasteiger partial charge >= 0.3 is 29.6 Å². The molecule has 98 valence electrons. The van der Waals surface area contributed by atoms with Crippen molar-refractivity contribution in [3.63, 3.8) is 0 Å². The summed E-state index contributed by atoms with van der Waals surface area (Å²) in [7, 11) is -4.03. The van der Waals surface area contributed by atoms with Crippen LogP contribution in [0.1, 0.15) is 58.3 Å². The molecule has 0 rings (SSSR count). The van der Waals surface area contributed by atoms with Crippen LogP contribution in [0.2, 0.25) is 0 Å². The Kier molecular flexibility index (Phi) is 14.2. The molecule has 17 heavy (non-hydrogen) atoms. The summed E-state index contributed by atoms with van der Waals surface area (Å²) in [5, 5.41) is 9.44. The van der Waals surface area contributed by atoms with E-state index in [9.17, 15) is 18.1 Å². The maximum Gasteiger partial charge on any atom is 1.00 e. The van der Waals surface area contributed by atoms with Gasteiger partial charge in [-0.25, -0.2) is 8.42 Å². The van der Waals surface area contributed by atoms with Gasteiger partial charge in [-0.2, -0.15) is 0 Å². The number of hydrogen-bond acceptors (Lipinski definition) is 4. The van der Waals surface area contributed by atoms with Gasteiger partial charge < -0.3 is 9.66 Å². The Morgan fingerprint density at radius 2 is 1.59 bits per heavy atom. The fourth-order valence-corrected chi connectivity index (χ4v) is 2.22. The van der Waals surface area contributed by atoms with Crippen LogP contribution in [0.4, 0.5) is 0 Å². The standard InChI is InChI=1S/C11H24O4S.Na/c1-2-8-11(12)9-6-4-3-5-7-10-16(13,14)15;/h11-12H,2-10H2,1H3,(H,13,14,15);/q;+1/p-1. The van der Waals surface area contributed by atoms with Gasteiger partial charge in [0.1, 0.15) is 0 Å². The number of aliphatic hydroxyl groups excluding tert-OH is 1. The van der Waals surface area contributed by atoms with E-state index in [1.807, 2.05) is 6.92 Å². The second-order valence-corrected chi connectivity index (χ2v) is 5.78. The van der Waals surface area contributed by atoms with Crippen LogP contribution in [0.25, 0.3) is 0 Å². The summed E-state index contributed by atoms with van der Waals surface area (Å²) < 4.78 is 30.9. The van der Waals surface area contributed by atoms with Crippen LogP contribution in [0.5, 0.6) is 0 Å². The number of hydrogen-bond donors (Lipinski definition) is 1. The predicted octanol–water partition coefficient (Wildman–Crippen LogP) is -0.963. The fraction of sp³-hybridized carbons (Fsp3) is 1.00. The smallest absolute Gasteiger partial charge is 0.748 e. The van der Waals surface area contributed by atoms with E-state index in [2.05, 4.69) is 0 Å². The molecule has 1 N–H and O–H groups in total. The molecule has 0 saturated carbocycles. The number of rotatable bonds is 10. The van der Waals surface area contributed by atoms with E-state index in [1.165, 1.54) is 0 Å². The zero-order chi connectivity index (χ0) is 12.4. The summed E-state index contributed by atoms with van der Waals surface area (Å²) in [4.78, 5) is 0. The molecular formula is C11H23NaO4S. The Hall–Kier alpha value is 0.870. The van der Waals surface area contributed by atoms with Gasteiger partial charge in [-0.3, -0.25) is 0 Å². The molecule has 0 aromatic heterocycles. The molecule has 0 bridgehead atoms. The van der Waals surface area contributed by atoms with E-state index in [0.29, 0.717) is 6.42 Å². The first-order valence-electron chi connectivity index (χ1n) is 6.07. The molecule has 0 radical (unpaired) electrons. The third kappa shape index (κ3) is 16.9. The van der Waals surface area contributed by atoms with Crippen molar-refractivity contribution in [1.82, 2.24) is 0 Å². The molecule has 1 atom stereocenters. The van der Waals surface area contributed by atoms with Gasteiger partial charge in [0.15, 0.2) is 0 Å². The molecule has 0 aliphatic carbocycles. The van der Waals surface area contributed by atoms with Crippen molar-refractivity contribution >= 4 is 10.1 Å². The molecule has 0 aromatic rings. The molecule has 6 heteroatoms. The monoisotopic (exact) mass is 274 g/mol. The molecule has 4 nitrogen and oxygen atoms in total. The van der Waals surface area contributed by atoms with E-state index in [1.54, 1.807) is 0 Å². The molecule has 0 amide bonds. The molecule has 0 spiro atoms. The summed E-state index contributed by atoms with van der Waals surface area (Å²) in [6, 6.07) is 0. The van der Waals surface area contributed by atoms with Gasteiger partial charge in [-0.05, 0) is 19.3 Å². The fourth-order valence-electron chi connectivity index (χ4n) is 1.67. The first kappa shape index (κ1) is 20.2. The minimum Gasteiger partial charge on any atom is -0.748 e. The van der Waals surface area contributed by atoms with Crippen LogP contribution >= 0.6 is 0 Å². The van der Waals surface area contributed by atoms with E-state index in [4.69, 9.17) is 0 Å². The zero-order valence-corrected chi connectivity index (χ0v) is 13.8. The van der Waals surface area contributed by atoms with Crippen LogP contribution in [0.15, 0.2) is 0 Å². The van der Waals surface area contributed by atoms with Crippen LogP contribution in [0.3, 0.4) is 0 Å². The number of unbranched alkanes of at least 4 members (excludes halogenated alkanes) is 4. The summed E-state index contributed by atoms with van der Waals surface area (Å²) in [5.74, 6) is -0.245. The average Bonchev–Trinajstić information content (AvgIpc) is 2.15. The Balaban J connectivity index is 0. The van der Waals surface area contributed by atoms with Crippen molar-refractivity contribution in [3.05, 3.63) is 0 Å². The maximum atomic E-state index is 10.3. The Labute approximate surface area is 127 Å². The summed E-state index contributed by atoms with van der Waals surface area (Å²) in [6.07, 6.45) is 6.66. The second kappa shape index (κ2) is 11.9. The second-order valence-electron chi connectivity index (χ2n) is 4.26. The van der Waals surface area contributed by atoms with Crippen LogP contribution in [-0.2, 0) is 10.1 Å². The van der Waals surface area contributed by atoms with Crippen LogP contribution in [0, 0.1) is 0 Å². The molecule has 0 heterocycles. The maximum absolute atomic E-state index is 10.3. The first-order chi connectivity index (χ1) is 7.45. The van der Waals surface area contributed by atoms with Gasteiger partial charge in [-0.15, -0.1) is 0 Å². The molecule has 0 aromatic carbocycles. The zero-order valence-electron chi connectivity index (χ0n) is 11.0. The third-order valence-corrected chi connectivity index (χ3v) is 3.34. The van der Waals surface area contributed by atoms with Crippen LogP contribution < -0.4 is 29.6 Å². The van der Waals surface area contributed by atoms with Gasteiger partial charge in [-0.1, -0.05) is 39.0 Å². The van der Waals surface area contributed by atoms with Crippen molar-refractivity contribution in [3.8, 4) is 0 Å². The molecular weight excluding hydrogens is 251 g/mol. The van der Waals surface area contributed by atoms with Crippen molar-refractivity contribution in [2.45, 2.75) is 64.4 Å². The average molecular weight is 274 g/mol. The molecule has 1 unspecified atom stereocenters. The first-order valence-corrected chi connectivity index (χ1v) is 7.65. The van der Waals surface area contributed by atoms with Gasteiger partial charge in [0.25, 0.3) is 0 Å². The topological polar surface area (TPSA) is 77.4 Å². The van der Waals surface area contributed by atoms with E-state index < -0.39 is 10.1 Å². The van der Waals surface area contributed by atoms with Crippen molar-refractivity contribution in [2.75, 3.05) is 5.75 Å². The molecule has 0 aliphatic heterocycles. The largest absolute Gasteiger partial charge is 1.00 e. The predicted molar refractivity (Wildman–Crippen MR) is 63.2 cm³/mol. The Morgan fingerprint density at radius 1 is 1.06 bits per heavy atom. The number of aliphatic hydroxyl groups is 1. The Bertz CT molecular complexity index is 254. The summed E-state index contributed by atoms with van der Waals surface area (Å²) in [6.45, 7) is 2.05. The van der Waals surface area contributed by atoms with Crippen molar-refractivity contribution in [2.24, 2.45) is 0 Å². The SMILES string of the molecule is CCCC(O)CCCCCCCS(=O)(=O)[O-].[Na+]. The van der Waals surface area contributed by atoms with Crippen LogP contribution in [-0.4, -0.2) is 29.9 Å². The minimum atomic E-state index is -4.03. The third-order valence-electron chi connectivity index (χ3n) is 2.55. The van der Waals surface area contributed by atoms with Crippen molar-refractivity contribution < 1.29 is 47.6 Å². The molecule has 0 aliphatic rings. The van der Waals surface area contributed by atoms with Gasteiger partial charge in [0.05, 0.1) is 16.2 Å². The molecule has 0 fully saturated rings. The Morgan fingerprint density at radius 3 is 2.12 bits per heavy atom.